The van der Waals surface area contributed by atoms with Crippen LogP contribution in [0, 0.1) is 0 Å². The number of pyridine rings is 1. The standard InChI is InChI=1S/C23H20N2O4.2H2/c26-13-15-1-3-16(4-2-15)17-5-8-21(24-12-17)25-22(27)23(9-10-23)18-6-7-19-20(11-18)29-14-28-19;;/h1-8,11-12,26H,9-10,13-14H2,(H,24,25,27);2*1H. The molecule has 0 unspecified atom stereocenters. The normalized spacial score (nSPS) is 15.8. The van der Waals surface area contributed by atoms with Crippen molar-refractivity contribution in [2.45, 2.75) is 24.9 Å². The van der Waals surface area contributed by atoms with E-state index in [2.05, 4.69) is 10.3 Å². The lowest BCUT2D eigenvalue weighted by Gasteiger charge is -2.16. The van der Waals surface area contributed by atoms with Crippen LogP contribution < -0.4 is 14.8 Å². The van der Waals surface area contributed by atoms with E-state index >= 15 is 0 Å². The summed E-state index contributed by atoms with van der Waals surface area (Å²) in [4.78, 5) is 17.4. The Morgan fingerprint density at radius 3 is 2.48 bits per heavy atom. The van der Waals surface area contributed by atoms with Crippen molar-refractivity contribution in [2.75, 3.05) is 12.1 Å². The lowest BCUT2D eigenvalue weighted by atomic mass is 9.94. The van der Waals surface area contributed by atoms with Gasteiger partial charge in [0.05, 0.1) is 12.0 Å². The summed E-state index contributed by atoms with van der Waals surface area (Å²) in [6, 6.07) is 17.1. The van der Waals surface area contributed by atoms with E-state index in [9.17, 15) is 4.79 Å². The van der Waals surface area contributed by atoms with Gasteiger partial charge in [0.15, 0.2) is 11.5 Å². The van der Waals surface area contributed by atoms with Crippen molar-refractivity contribution in [2.24, 2.45) is 0 Å². The second kappa shape index (κ2) is 6.90. The highest BCUT2D eigenvalue weighted by Gasteiger charge is 2.51. The molecule has 1 aromatic heterocycles. The number of hydrogen-bond acceptors (Lipinski definition) is 5. The predicted octanol–water partition coefficient (Wildman–Crippen LogP) is 4.13. The first-order chi connectivity index (χ1) is 14.2. The van der Waals surface area contributed by atoms with Crippen molar-refractivity contribution in [3.63, 3.8) is 0 Å². The van der Waals surface area contributed by atoms with Crippen LogP contribution in [0.3, 0.4) is 0 Å². The Morgan fingerprint density at radius 2 is 1.79 bits per heavy atom. The van der Waals surface area contributed by atoms with Gasteiger partial charge in [0.25, 0.3) is 0 Å². The number of carbonyl (C=O) groups excluding carboxylic acids is 1. The van der Waals surface area contributed by atoms with Gasteiger partial charge in [-0.1, -0.05) is 30.3 Å². The molecule has 1 amide bonds. The molecule has 6 nitrogen and oxygen atoms in total. The van der Waals surface area contributed by atoms with E-state index in [0.29, 0.717) is 17.3 Å². The van der Waals surface area contributed by atoms with Crippen LogP contribution in [-0.4, -0.2) is 22.8 Å². The summed E-state index contributed by atoms with van der Waals surface area (Å²) in [6.45, 7) is 0.242. The van der Waals surface area contributed by atoms with Gasteiger partial charge in [0, 0.05) is 14.6 Å². The Balaban J connectivity index is 0.00000136. The maximum atomic E-state index is 13.0. The van der Waals surface area contributed by atoms with Crippen LogP contribution in [0.4, 0.5) is 5.82 Å². The van der Waals surface area contributed by atoms with Gasteiger partial charge in [-0.15, -0.1) is 0 Å². The van der Waals surface area contributed by atoms with Crippen molar-refractivity contribution in [1.29, 1.82) is 0 Å². The zero-order valence-electron chi connectivity index (χ0n) is 15.7. The van der Waals surface area contributed by atoms with Gasteiger partial charge in [-0.05, 0) is 53.8 Å². The largest absolute Gasteiger partial charge is 0.454 e. The number of fused-ring (bicyclic) bond motifs is 1. The zero-order chi connectivity index (χ0) is 19.8. The average molecular weight is 392 g/mol. The summed E-state index contributed by atoms with van der Waals surface area (Å²) in [6.07, 6.45) is 3.34. The minimum absolute atomic E-state index is 0. The fourth-order valence-corrected chi connectivity index (χ4v) is 3.64. The first-order valence-corrected chi connectivity index (χ1v) is 9.56. The third-order valence-corrected chi connectivity index (χ3v) is 5.58. The molecule has 0 saturated heterocycles. The molecule has 1 saturated carbocycles. The van der Waals surface area contributed by atoms with Gasteiger partial charge in [-0.3, -0.25) is 4.79 Å². The van der Waals surface area contributed by atoms with Crippen LogP contribution in [0.1, 0.15) is 26.8 Å². The van der Waals surface area contributed by atoms with Crippen molar-refractivity contribution < 1.29 is 22.2 Å². The van der Waals surface area contributed by atoms with Gasteiger partial charge >= 0.3 is 0 Å². The Labute approximate surface area is 171 Å². The van der Waals surface area contributed by atoms with Gasteiger partial charge in [0.2, 0.25) is 12.7 Å². The molecule has 6 heteroatoms. The highest BCUT2D eigenvalue weighted by molar-refractivity contribution is 6.01. The fourth-order valence-electron chi connectivity index (χ4n) is 3.64. The van der Waals surface area contributed by atoms with Crippen molar-refractivity contribution in [3.05, 3.63) is 71.9 Å². The van der Waals surface area contributed by atoms with E-state index in [1.807, 2.05) is 54.6 Å². The number of aliphatic hydroxyl groups excluding tert-OH is 1. The molecule has 3 aromatic rings. The number of ether oxygens (including phenoxy) is 2. The first kappa shape index (κ1) is 17.7. The van der Waals surface area contributed by atoms with Crippen LogP contribution in [0.15, 0.2) is 60.8 Å². The van der Waals surface area contributed by atoms with Crippen LogP contribution in [0.5, 0.6) is 11.5 Å². The van der Waals surface area contributed by atoms with Crippen molar-refractivity contribution in [1.82, 2.24) is 4.98 Å². The molecule has 0 atom stereocenters. The maximum Gasteiger partial charge on any atom is 0.236 e. The lowest BCUT2D eigenvalue weighted by Crippen LogP contribution is -2.28. The Hall–Kier alpha value is -3.38. The first-order valence-electron chi connectivity index (χ1n) is 9.56. The fraction of sp³-hybridized carbons (Fsp3) is 0.217. The van der Waals surface area contributed by atoms with Gasteiger partial charge in [-0.25, -0.2) is 4.98 Å². The van der Waals surface area contributed by atoms with E-state index in [0.717, 1.165) is 35.1 Å². The van der Waals surface area contributed by atoms with E-state index in [1.165, 1.54) is 0 Å². The number of hydrogen-bond donors (Lipinski definition) is 2. The van der Waals surface area contributed by atoms with Crippen LogP contribution in [-0.2, 0) is 16.8 Å². The minimum atomic E-state index is -0.526. The summed E-state index contributed by atoms with van der Waals surface area (Å²) in [7, 11) is 0. The third kappa shape index (κ3) is 3.21. The van der Waals surface area contributed by atoms with E-state index < -0.39 is 5.41 Å². The molecular weight excluding hydrogens is 368 g/mol. The summed E-state index contributed by atoms with van der Waals surface area (Å²) < 4.78 is 10.8. The molecule has 2 heterocycles. The number of rotatable bonds is 5. The van der Waals surface area contributed by atoms with E-state index in [-0.39, 0.29) is 22.2 Å². The van der Waals surface area contributed by atoms with Crippen LogP contribution >= 0.6 is 0 Å². The monoisotopic (exact) mass is 392 g/mol. The maximum absolute atomic E-state index is 13.0. The average Bonchev–Trinajstić information content (AvgIpc) is 3.45. The number of aliphatic hydroxyl groups is 1. The second-order valence-electron chi connectivity index (χ2n) is 7.39. The number of carbonyl (C=O) groups is 1. The second-order valence-corrected chi connectivity index (χ2v) is 7.39. The van der Waals surface area contributed by atoms with E-state index in [4.69, 9.17) is 14.6 Å². The Morgan fingerprint density at radius 1 is 1.03 bits per heavy atom. The number of nitrogens with one attached hydrogen (secondary N) is 1. The number of anilines is 1. The molecule has 150 valence electrons. The molecule has 2 aliphatic rings. The Bertz CT molecular complexity index is 1070. The van der Waals surface area contributed by atoms with Gasteiger partial charge in [0.1, 0.15) is 5.82 Å². The molecule has 29 heavy (non-hydrogen) atoms. The number of benzene rings is 2. The SMILES string of the molecule is O=C(Nc1ccc(-c2ccc(CO)cc2)cn1)C1(c2ccc3c(c2)OCO3)CC1.[HH].[HH]. The smallest absolute Gasteiger partial charge is 0.236 e. The number of aromatic nitrogens is 1. The molecule has 0 spiro atoms. The summed E-state index contributed by atoms with van der Waals surface area (Å²) in [5.74, 6) is 1.88. The van der Waals surface area contributed by atoms with Crippen LogP contribution in [0.25, 0.3) is 11.1 Å². The minimum Gasteiger partial charge on any atom is -0.454 e. The van der Waals surface area contributed by atoms with Crippen molar-refractivity contribution in [3.8, 4) is 22.6 Å². The van der Waals surface area contributed by atoms with Crippen LogP contribution in [0.2, 0.25) is 0 Å². The molecule has 1 fully saturated rings. The Kier molecular flexibility index (Phi) is 4.21. The quantitative estimate of drug-likeness (QED) is 0.682. The molecule has 0 bridgehead atoms. The highest BCUT2D eigenvalue weighted by Crippen LogP contribution is 2.51. The summed E-state index contributed by atoms with van der Waals surface area (Å²) in [5.41, 5.74) is 3.24. The third-order valence-electron chi connectivity index (χ3n) is 5.58. The number of amides is 1. The molecular formula is C23H24N2O4. The van der Waals surface area contributed by atoms with Gasteiger partial charge in [-0.2, -0.15) is 0 Å². The molecule has 2 aromatic carbocycles. The molecule has 2 N–H and O–H groups in total. The molecule has 5 rings (SSSR count). The number of nitrogens with zero attached hydrogens (tertiary/aromatic N) is 1. The highest BCUT2D eigenvalue weighted by atomic mass is 16.7. The van der Waals surface area contributed by atoms with Gasteiger partial charge < -0.3 is 19.9 Å². The molecule has 1 aliphatic heterocycles. The summed E-state index contributed by atoms with van der Waals surface area (Å²) in [5, 5.41) is 12.1. The van der Waals surface area contributed by atoms with Crippen molar-refractivity contribution >= 4 is 11.7 Å². The predicted molar refractivity (Wildman–Crippen MR) is 112 cm³/mol. The zero-order valence-corrected chi connectivity index (χ0v) is 15.7. The van der Waals surface area contributed by atoms with E-state index in [1.54, 1.807) is 6.20 Å². The molecule has 1 aliphatic carbocycles. The summed E-state index contributed by atoms with van der Waals surface area (Å²) >= 11 is 0. The topological polar surface area (TPSA) is 80.7 Å². The lowest BCUT2D eigenvalue weighted by molar-refractivity contribution is -0.118. The molecule has 0 radical (unpaired) electrons.